The number of nitrogens with zero attached hydrogens (tertiary/aromatic N) is 1. The van der Waals surface area contributed by atoms with Crippen molar-refractivity contribution in [2.24, 2.45) is 22.7 Å². The molecule has 2 aliphatic heterocycles. The van der Waals surface area contributed by atoms with Crippen molar-refractivity contribution in [3.63, 3.8) is 0 Å². The number of ether oxygens (including phenoxy) is 11. The third kappa shape index (κ3) is 12.1. The first kappa shape index (κ1) is 61.6. The van der Waals surface area contributed by atoms with Crippen molar-refractivity contribution >= 4 is 112 Å². The first-order valence-electron chi connectivity index (χ1n) is 25.5. The molecule has 0 radical (unpaired) electrons. The summed E-state index contributed by atoms with van der Waals surface area (Å²) in [6.45, 7) is 9.68. The number of aliphatic hydroxyl groups is 1. The number of alkyl halides is 6. The lowest BCUT2D eigenvalue weighted by molar-refractivity contribution is -0.346. The zero-order valence-electron chi connectivity index (χ0n) is 44.9. The van der Waals surface area contributed by atoms with Crippen molar-refractivity contribution in [1.29, 1.82) is 0 Å². The first-order valence-corrected chi connectivity index (χ1v) is 27.8. The van der Waals surface area contributed by atoms with E-state index in [4.69, 9.17) is 122 Å². The van der Waals surface area contributed by atoms with Gasteiger partial charge in [0.15, 0.2) is 29.8 Å². The van der Waals surface area contributed by atoms with E-state index in [0.29, 0.717) is 24.2 Å². The van der Waals surface area contributed by atoms with Gasteiger partial charge in [0, 0.05) is 30.7 Å². The number of hydrogen-bond donors (Lipinski definition) is 1. The third-order valence-electron chi connectivity index (χ3n) is 15.8. The van der Waals surface area contributed by atoms with Crippen molar-refractivity contribution in [3.8, 4) is 5.75 Å². The van der Waals surface area contributed by atoms with Gasteiger partial charge in [-0.1, -0.05) is 114 Å². The Kier molecular flexibility index (Phi) is 17.4. The standard InChI is InChI=1S/C54H61Cl6NO19/c1-26-32(74-44(65)38-36(28-15-16-28)61(45(66)80-48(3,4)5)42(76-38)29-17-19-31(70-9)20-18-29)22-52(69)41(78-43(64)30-13-11-10-12-14-30)39-50(8,40(63)37(35(26)49(52,6)7)77-47(68)73-25-54(58,59)60)33(75-46(67)72-24-53(55,56)57)21-34-51(39,23-71-34)79-27(2)62/h10-14,17-20,28,32-34,36-39,41-42,69H,15-16,21-25H2,1-9H3/t32-,33-,34+,36-,37+,38+,39-,41-,42?,50+,51-,52+/m0/s1. The van der Waals surface area contributed by atoms with Crippen LogP contribution in [0.1, 0.15) is 103 Å². The summed E-state index contributed by atoms with van der Waals surface area (Å²) in [4.78, 5) is 104. The lowest BCUT2D eigenvalue weighted by Gasteiger charge is -2.67. The van der Waals surface area contributed by atoms with Gasteiger partial charge in [-0.3, -0.25) is 14.5 Å². The molecule has 0 spiro atoms. The first-order chi connectivity index (χ1) is 37.2. The van der Waals surface area contributed by atoms with Crippen LogP contribution in [0, 0.1) is 22.7 Å². The average Bonchev–Trinajstić information content (AvgIpc) is 4.22. The van der Waals surface area contributed by atoms with E-state index in [9.17, 15) is 29.1 Å². The Morgan fingerprint density at radius 2 is 1.43 bits per heavy atom. The molecule has 3 saturated carbocycles. The van der Waals surface area contributed by atoms with Gasteiger partial charge in [-0.05, 0) is 88.8 Å². The van der Waals surface area contributed by atoms with E-state index in [1.54, 1.807) is 63.2 Å². The number of esters is 3. The fraction of sp³-hybridized carbons (Fsp3) is 0.611. The minimum atomic E-state index is -2.61. The van der Waals surface area contributed by atoms with E-state index in [1.807, 2.05) is 0 Å². The normalized spacial score (nSPS) is 31.8. The molecule has 80 heavy (non-hydrogen) atoms. The highest BCUT2D eigenvalue weighted by atomic mass is 35.6. The van der Waals surface area contributed by atoms with Gasteiger partial charge in [0.2, 0.25) is 7.59 Å². The molecule has 2 aromatic rings. The number of carbonyl (C=O) groups is 7. The van der Waals surface area contributed by atoms with Crippen molar-refractivity contribution in [3.05, 3.63) is 76.9 Å². The second-order valence-corrected chi connectivity index (χ2v) is 27.5. The highest BCUT2D eigenvalue weighted by molar-refractivity contribution is 6.68. The molecule has 438 valence electrons. The molecule has 2 aromatic carbocycles. The van der Waals surface area contributed by atoms with Gasteiger partial charge in [-0.2, -0.15) is 0 Å². The Morgan fingerprint density at radius 3 is 1.95 bits per heavy atom. The Balaban J connectivity index is 1.33. The number of carbonyl (C=O) groups excluding carboxylic acids is 7. The molecule has 2 heterocycles. The minimum Gasteiger partial charge on any atom is -0.497 e. The van der Waals surface area contributed by atoms with Crippen LogP contribution >= 0.6 is 69.6 Å². The van der Waals surface area contributed by atoms with Crippen LogP contribution in [0.3, 0.4) is 0 Å². The fourth-order valence-electron chi connectivity index (χ4n) is 12.0. The molecule has 1 N–H and O–H groups in total. The van der Waals surface area contributed by atoms with Crippen LogP contribution < -0.4 is 4.74 Å². The number of hydrogen-bond acceptors (Lipinski definition) is 19. The molecular formula is C54H61Cl6NO19. The Morgan fingerprint density at radius 1 is 0.825 bits per heavy atom. The molecule has 6 aliphatic rings. The molecule has 26 heteroatoms. The lowest BCUT2D eigenvalue weighted by atomic mass is 9.44. The Hall–Kier alpha value is -4.51. The quantitative estimate of drug-likeness (QED) is 0.0899. The maximum absolute atomic E-state index is 16.5. The highest BCUT2D eigenvalue weighted by Gasteiger charge is 2.79. The van der Waals surface area contributed by atoms with Gasteiger partial charge in [0.05, 0.1) is 36.7 Å². The van der Waals surface area contributed by atoms with E-state index < -0.39 is 165 Å². The average molecular weight is 1240 g/mol. The number of amides is 1. The second-order valence-electron chi connectivity index (χ2n) is 22.5. The molecule has 2 saturated heterocycles. The van der Waals surface area contributed by atoms with Gasteiger partial charge in [0.25, 0.3) is 0 Å². The van der Waals surface area contributed by atoms with Crippen LogP contribution in [0.2, 0.25) is 0 Å². The molecule has 20 nitrogen and oxygen atoms in total. The SMILES string of the molecule is COc1ccc(C2O[C@@H](C(=O)O[C@H]3C[C@@]4(O)[C@@H](OC(=O)c5ccccc5)[C@@H]5[C@]6(OC(C)=O)CO[C@@H]6C[C@H](OC(=O)OCC(Cl)(Cl)Cl)[C@@]5(C)C(=O)[C@H](OC(=O)OCC(Cl)(Cl)Cl)C(=C3C)C4(C)C)[C@H](C3CC3)N2C(=O)OC(C)(C)C)cc1. The predicted molar refractivity (Wildman–Crippen MR) is 285 cm³/mol. The van der Waals surface area contributed by atoms with E-state index in [1.165, 1.54) is 51.8 Å². The van der Waals surface area contributed by atoms with Crippen molar-refractivity contribution in [2.45, 2.75) is 154 Å². The van der Waals surface area contributed by atoms with Crippen LogP contribution in [0.4, 0.5) is 14.4 Å². The molecule has 8 rings (SSSR count). The fourth-order valence-corrected chi connectivity index (χ4v) is 12.3. The van der Waals surface area contributed by atoms with Crippen LogP contribution in [-0.4, -0.2) is 146 Å². The summed E-state index contributed by atoms with van der Waals surface area (Å²) in [5.74, 6) is -5.67. The third-order valence-corrected chi connectivity index (χ3v) is 16.4. The summed E-state index contributed by atoms with van der Waals surface area (Å²) in [6, 6.07) is 13.3. The number of ketones is 1. The van der Waals surface area contributed by atoms with Gasteiger partial charge >= 0.3 is 36.3 Å². The van der Waals surface area contributed by atoms with Crippen molar-refractivity contribution < 1.29 is 90.8 Å². The van der Waals surface area contributed by atoms with Gasteiger partial charge in [-0.15, -0.1) is 0 Å². The number of rotatable bonds is 12. The van der Waals surface area contributed by atoms with Crippen LogP contribution in [0.5, 0.6) is 5.75 Å². The summed E-state index contributed by atoms with van der Waals surface area (Å²) in [5, 5.41) is 14.3. The van der Waals surface area contributed by atoms with Gasteiger partial charge in [-0.25, -0.2) is 24.0 Å². The van der Waals surface area contributed by atoms with Crippen LogP contribution in [0.15, 0.2) is 65.7 Å². The summed E-state index contributed by atoms with van der Waals surface area (Å²) in [5.41, 5.74) is -9.64. The van der Waals surface area contributed by atoms with E-state index >= 15 is 9.59 Å². The topological polar surface area (TPSA) is 244 Å². The Bertz CT molecular complexity index is 2780. The lowest BCUT2D eigenvalue weighted by Crippen LogP contribution is -2.82. The monoisotopic (exact) mass is 1240 g/mol. The number of Topliss-reactive ketones (excluding diaryl/α,β-unsaturated/α-hetero) is 1. The highest BCUT2D eigenvalue weighted by Crippen LogP contribution is 2.65. The zero-order valence-corrected chi connectivity index (χ0v) is 49.5. The predicted octanol–water partition coefficient (Wildman–Crippen LogP) is 9.82. The van der Waals surface area contributed by atoms with Gasteiger partial charge < -0.3 is 57.2 Å². The summed E-state index contributed by atoms with van der Waals surface area (Å²) >= 11 is 35.7. The molecular weight excluding hydrogens is 1180 g/mol. The smallest absolute Gasteiger partial charge is 0.497 e. The Labute approximate surface area is 491 Å². The maximum atomic E-state index is 16.5. The molecule has 4 aliphatic carbocycles. The van der Waals surface area contributed by atoms with E-state index in [2.05, 4.69) is 0 Å². The maximum Gasteiger partial charge on any atom is 0.509 e. The molecule has 0 aromatic heterocycles. The number of fused-ring (bicyclic) bond motifs is 5. The summed E-state index contributed by atoms with van der Waals surface area (Å²) < 4.78 is 61.3. The zero-order chi connectivity index (χ0) is 58.9. The van der Waals surface area contributed by atoms with Gasteiger partial charge in [0.1, 0.15) is 54.6 Å². The van der Waals surface area contributed by atoms with Crippen LogP contribution in [-0.2, 0) is 61.8 Å². The van der Waals surface area contributed by atoms with Crippen LogP contribution in [0.25, 0.3) is 0 Å². The molecule has 12 atom stereocenters. The summed E-state index contributed by atoms with van der Waals surface area (Å²) in [7, 11) is 1.49. The second kappa shape index (κ2) is 22.6. The number of halogens is 6. The molecule has 1 unspecified atom stereocenters. The summed E-state index contributed by atoms with van der Waals surface area (Å²) in [6.07, 6.45) is -15.3. The van der Waals surface area contributed by atoms with Crippen molar-refractivity contribution in [2.75, 3.05) is 26.9 Å². The molecule has 2 bridgehead atoms. The van der Waals surface area contributed by atoms with Crippen molar-refractivity contribution in [1.82, 2.24) is 4.90 Å². The minimum absolute atomic E-state index is 0.0278. The molecule has 1 amide bonds. The molecule has 5 fully saturated rings. The number of benzene rings is 2. The largest absolute Gasteiger partial charge is 0.509 e. The van der Waals surface area contributed by atoms with E-state index in [-0.39, 0.29) is 22.6 Å². The number of methoxy groups -OCH3 is 1. The van der Waals surface area contributed by atoms with E-state index in [0.717, 1.165) is 6.92 Å².